The average Bonchev–Trinajstić information content (AvgIpc) is 2.33. The molecule has 0 aromatic carbocycles. The normalized spacial score (nSPS) is 44.4. The molecule has 0 saturated heterocycles. The second-order valence-corrected chi connectivity index (χ2v) is 7.56. The van der Waals surface area contributed by atoms with Crippen molar-refractivity contribution in [3.05, 3.63) is 11.1 Å². The molecule has 0 aromatic rings. The lowest BCUT2D eigenvalue weighted by Gasteiger charge is -2.59. The van der Waals surface area contributed by atoms with E-state index in [1.807, 2.05) is 0 Å². The van der Waals surface area contributed by atoms with Gasteiger partial charge in [-0.3, -0.25) is 0 Å². The zero-order chi connectivity index (χ0) is 12.8. The number of hydrogen-bond donors (Lipinski definition) is 1. The molecule has 18 heavy (non-hydrogen) atoms. The Labute approximate surface area is 116 Å². The molecule has 0 spiro atoms. The summed E-state index contributed by atoms with van der Waals surface area (Å²) < 4.78 is 0. The van der Waals surface area contributed by atoms with E-state index in [-0.39, 0.29) is 0 Å². The Bertz CT molecular complexity index is 312. The van der Waals surface area contributed by atoms with Crippen LogP contribution in [0.15, 0.2) is 11.1 Å². The fourth-order valence-corrected chi connectivity index (χ4v) is 5.35. The molecule has 0 aromatic heterocycles. The van der Waals surface area contributed by atoms with E-state index in [1.165, 1.54) is 44.1 Å². The highest BCUT2D eigenvalue weighted by molar-refractivity contribution is 6.25. The van der Waals surface area contributed by atoms with E-state index in [0.717, 1.165) is 24.3 Å². The standard InChI is InChI=1S/C16H26ClN/c1-11(9-17)10-18-12(2)16-6-13-3-14(7-16)5-15(4-13)8-16/h9,12-15,18H,3-8,10H2,1-2H3. The molecule has 2 heteroatoms. The quantitative estimate of drug-likeness (QED) is 0.800. The molecule has 0 amide bonds. The Kier molecular flexibility index (Phi) is 3.49. The van der Waals surface area contributed by atoms with Gasteiger partial charge in [0.2, 0.25) is 0 Å². The van der Waals surface area contributed by atoms with Crippen LogP contribution < -0.4 is 5.32 Å². The SMILES string of the molecule is CC(=CCl)CNC(C)C12CC3CC(CC(C3)C1)C2. The van der Waals surface area contributed by atoms with Gasteiger partial charge in [0.05, 0.1) is 0 Å². The molecule has 0 heterocycles. The summed E-state index contributed by atoms with van der Waals surface area (Å²) in [5.41, 5.74) is 3.56. The Morgan fingerprint density at radius 1 is 1.22 bits per heavy atom. The second-order valence-electron chi connectivity index (χ2n) is 7.34. The van der Waals surface area contributed by atoms with Crippen molar-refractivity contribution >= 4 is 11.6 Å². The Morgan fingerprint density at radius 3 is 2.17 bits per heavy atom. The van der Waals surface area contributed by atoms with Crippen LogP contribution in [0.4, 0.5) is 0 Å². The van der Waals surface area contributed by atoms with Gasteiger partial charge in [-0.2, -0.15) is 0 Å². The second kappa shape index (κ2) is 4.83. The largest absolute Gasteiger partial charge is 0.310 e. The summed E-state index contributed by atoms with van der Waals surface area (Å²) in [7, 11) is 0. The summed E-state index contributed by atoms with van der Waals surface area (Å²) in [5.74, 6) is 3.14. The third-order valence-corrected chi connectivity index (χ3v) is 6.25. The molecule has 1 nitrogen and oxygen atoms in total. The monoisotopic (exact) mass is 267 g/mol. The van der Waals surface area contributed by atoms with Crippen molar-refractivity contribution in [2.45, 2.75) is 58.4 Å². The maximum absolute atomic E-state index is 5.75. The van der Waals surface area contributed by atoms with Crippen LogP contribution >= 0.6 is 11.6 Å². The van der Waals surface area contributed by atoms with Crippen LogP contribution in [0.2, 0.25) is 0 Å². The molecule has 1 unspecified atom stereocenters. The van der Waals surface area contributed by atoms with Gasteiger partial charge in [0.1, 0.15) is 0 Å². The first-order valence-corrected chi connectivity index (χ1v) is 8.04. The van der Waals surface area contributed by atoms with Crippen molar-refractivity contribution in [2.75, 3.05) is 6.54 Å². The first kappa shape index (κ1) is 13.0. The molecule has 0 radical (unpaired) electrons. The van der Waals surface area contributed by atoms with Gasteiger partial charge in [-0.15, -0.1) is 0 Å². The van der Waals surface area contributed by atoms with Gasteiger partial charge in [-0.25, -0.2) is 0 Å². The molecule has 102 valence electrons. The van der Waals surface area contributed by atoms with Gasteiger partial charge in [0.25, 0.3) is 0 Å². The van der Waals surface area contributed by atoms with E-state index in [2.05, 4.69) is 19.2 Å². The molecule has 1 N–H and O–H groups in total. The highest BCUT2D eigenvalue weighted by Gasteiger charge is 2.52. The number of hydrogen-bond acceptors (Lipinski definition) is 1. The maximum Gasteiger partial charge on any atom is 0.0176 e. The summed E-state index contributed by atoms with van der Waals surface area (Å²) in [5, 5.41) is 3.74. The van der Waals surface area contributed by atoms with Gasteiger partial charge in [-0.05, 0) is 81.1 Å². The van der Waals surface area contributed by atoms with Crippen LogP contribution in [0, 0.1) is 23.2 Å². The van der Waals surface area contributed by atoms with Crippen molar-refractivity contribution in [3.8, 4) is 0 Å². The number of nitrogens with one attached hydrogen (secondary N) is 1. The van der Waals surface area contributed by atoms with Crippen molar-refractivity contribution in [1.29, 1.82) is 0 Å². The van der Waals surface area contributed by atoms with Crippen LogP contribution in [-0.2, 0) is 0 Å². The molecule has 0 aliphatic heterocycles. The smallest absolute Gasteiger partial charge is 0.0176 e. The first-order valence-electron chi connectivity index (χ1n) is 7.60. The van der Waals surface area contributed by atoms with E-state index >= 15 is 0 Å². The average molecular weight is 268 g/mol. The number of rotatable bonds is 4. The highest BCUT2D eigenvalue weighted by Crippen LogP contribution is 2.61. The zero-order valence-corrected chi connectivity index (χ0v) is 12.5. The highest BCUT2D eigenvalue weighted by atomic mass is 35.5. The molecule has 4 saturated carbocycles. The molecular weight excluding hydrogens is 242 g/mol. The van der Waals surface area contributed by atoms with E-state index in [1.54, 1.807) is 5.54 Å². The molecular formula is C16H26ClN. The lowest BCUT2D eigenvalue weighted by Crippen LogP contribution is -2.55. The predicted octanol–water partition coefficient (Wildman–Crippen LogP) is 4.32. The third kappa shape index (κ3) is 2.25. The van der Waals surface area contributed by atoms with Crippen LogP contribution in [0.5, 0.6) is 0 Å². The summed E-state index contributed by atoms with van der Waals surface area (Å²) in [4.78, 5) is 0. The van der Waals surface area contributed by atoms with Gasteiger partial charge >= 0.3 is 0 Å². The van der Waals surface area contributed by atoms with Gasteiger partial charge < -0.3 is 5.32 Å². The van der Waals surface area contributed by atoms with E-state index in [9.17, 15) is 0 Å². The molecule has 4 rings (SSSR count). The Hall–Kier alpha value is -0.0100. The lowest BCUT2D eigenvalue weighted by molar-refractivity contribution is -0.0698. The fourth-order valence-electron chi connectivity index (χ4n) is 5.28. The molecule has 4 aliphatic carbocycles. The van der Waals surface area contributed by atoms with Crippen molar-refractivity contribution in [3.63, 3.8) is 0 Å². The third-order valence-electron chi connectivity index (χ3n) is 5.88. The van der Waals surface area contributed by atoms with Crippen molar-refractivity contribution in [2.24, 2.45) is 23.2 Å². The molecule has 4 aliphatic rings. The van der Waals surface area contributed by atoms with E-state index in [4.69, 9.17) is 11.6 Å². The predicted molar refractivity (Wildman–Crippen MR) is 77.7 cm³/mol. The van der Waals surface area contributed by atoms with Crippen LogP contribution in [0.25, 0.3) is 0 Å². The topological polar surface area (TPSA) is 12.0 Å². The number of halogens is 1. The molecule has 4 bridgehead atoms. The molecule has 1 atom stereocenters. The summed E-state index contributed by atoms with van der Waals surface area (Å²) >= 11 is 5.75. The first-order chi connectivity index (χ1) is 8.61. The van der Waals surface area contributed by atoms with Gasteiger partial charge in [0, 0.05) is 18.1 Å². The fraction of sp³-hybridized carbons (Fsp3) is 0.875. The van der Waals surface area contributed by atoms with Gasteiger partial charge in [0.15, 0.2) is 0 Å². The van der Waals surface area contributed by atoms with Crippen LogP contribution in [-0.4, -0.2) is 12.6 Å². The van der Waals surface area contributed by atoms with Crippen molar-refractivity contribution < 1.29 is 0 Å². The minimum Gasteiger partial charge on any atom is -0.310 e. The minimum atomic E-state index is 0.612. The summed E-state index contributed by atoms with van der Waals surface area (Å²) in [6.45, 7) is 5.47. The van der Waals surface area contributed by atoms with E-state index in [0.29, 0.717) is 11.5 Å². The Balaban J connectivity index is 1.67. The maximum atomic E-state index is 5.75. The molecule has 4 fully saturated rings. The van der Waals surface area contributed by atoms with Crippen molar-refractivity contribution in [1.82, 2.24) is 5.32 Å². The van der Waals surface area contributed by atoms with Crippen LogP contribution in [0.1, 0.15) is 52.4 Å². The zero-order valence-electron chi connectivity index (χ0n) is 11.7. The minimum absolute atomic E-state index is 0.612. The summed E-state index contributed by atoms with van der Waals surface area (Å²) in [6.07, 6.45) is 9.05. The van der Waals surface area contributed by atoms with Crippen LogP contribution in [0.3, 0.4) is 0 Å². The van der Waals surface area contributed by atoms with Gasteiger partial charge in [-0.1, -0.05) is 11.6 Å². The van der Waals surface area contributed by atoms with E-state index < -0.39 is 0 Å². The summed E-state index contributed by atoms with van der Waals surface area (Å²) in [6, 6.07) is 0.650. The lowest BCUT2D eigenvalue weighted by atomic mass is 9.48. The Morgan fingerprint density at radius 2 is 1.72 bits per heavy atom.